The SMILES string of the molecule is NC(=O)OCCNc1ccc(N)cc1C(F)F. The number of ether oxygens (including phenoxy) is 1. The quantitative estimate of drug-likeness (QED) is 0.544. The number of nitrogens with one attached hydrogen (secondary N) is 1. The fraction of sp³-hybridized carbons (Fsp3) is 0.300. The highest BCUT2D eigenvalue weighted by molar-refractivity contribution is 5.64. The van der Waals surface area contributed by atoms with Gasteiger partial charge in [0, 0.05) is 23.5 Å². The summed E-state index contributed by atoms with van der Waals surface area (Å²) in [6.07, 6.45) is -3.53. The van der Waals surface area contributed by atoms with E-state index in [-0.39, 0.29) is 30.1 Å². The Hall–Kier alpha value is -2.05. The van der Waals surface area contributed by atoms with Gasteiger partial charge in [-0.25, -0.2) is 13.6 Å². The third-order valence-electron chi connectivity index (χ3n) is 1.97. The van der Waals surface area contributed by atoms with Crippen LogP contribution in [-0.2, 0) is 4.74 Å². The van der Waals surface area contributed by atoms with Crippen molar-refractivity contribution in [3.63, 3.8) is 0 Å². The monoisotopic (exact) mass is 245 g/mol. The zero-order valence-corrected chi connectivity index (χ0v) is 8.95. The summed E-state index contributed by atoms with van der Waals surface area (Å²) in [6.45, 7) is 0.189. The molecule has 1 amide bonds. The minimum Gasteiger partial charge on any atom is -0.448 e. The van der Waals surface area contributed by atoms with E-state index in [0.29, 0.717) is 0 Å². The fourth-order valence-electron chi connectivity index (χ4n) is 1.26. The van der Waals surface area contributed by atoms with E-state index < -0.39 is 12.5 Å². The smallest absolute Gasteiger partial charge is 0.404 e. The zero-order chi connectivity index (χ0) is 12.8. The average molecular weight is 245 g/mol. The van der Waals surface area contributed by atoms with E-state index in [1.54, 1.807) is 0 Å². The molecule has 0 atom stereocenters. The maximum atomic E-state index is 12.6. The van der Waals surface area contributed by atoms with Gasteiger partial charge >= 0.3 is 6.09 Å². The third kappa shape index (κ3) is 4.13. The molecule has 94 valence electrons. The Labute approximate surface area is 96.7 Å². The van der Waals surface area contributed by atoms with Crippen LogP contribution >= 0.6 is 0 Å². The van der Waals surface area contributed by atoms with Gasteiger partial charge in [-0.2, -0.15) is 0 Å². The van der Waals surface area contributed by atoms with Gasteiger partial charge in [0.2, 0.25) is 0 Å². The van der Waals surface area contributed by atoms with Gasteiger partial charge < -0.3 is 21.5 Å². The van der Waals surface area contributed by atoms with Crippen molar-refractivity contribution in [2.75, 3.05) is 24.2 Å². The summed E-state index contributed by atoms with van der Waals surface area (Å²) in [5.74, 6) is 0. The molecule has 5 N–H and O–H groups in total. The number of nitrogens with two attached hydrogens (primary N) is 2. The summed E-state index contributed by atoms with van der Waals surface area (Å²) in [5, 5.41) is 2.71. The van der Waals surface area contributed by atoms with Gasteiger partial charge in [0.15, 0.2) is 0 Å². The lowest BCUT2D eigenvalue weighted by atomic mass is 10.1. The molecule has 5 nitrogen and oxygen atoms in total. The second kappa shape index (κ2) is 5.88. The second-order valence-electron chi connectivity index (χ2n) is 3.24. The minimum atomic E-state index is -2.63. The molecule has 1 rings (SSSR count). The van der Waals surface area contributed by atoms with Crippen molar-refractivity contribution in [2.45, 2.75) is 6.43 Å². The Bertz CT molecular complexity index is 399. The number of rotatable bonds is 5. The first-order valence-electron chi connectivity index (χ1n) is 4.84. The van der Waals surface area contributed by atoms with Gasteiger partial charge in [-0.1, -0.05) is 0 Å². The normalized spacial score (nSPS) is 10.3. The Morgan fingerprint density at radius 1 is 1.47 bits per heavy atom. The molecule has 17 heavy (non-hydrogen) atoms. The molecule has 0 aliphatic rings. The average Bonchev–Trinajstić information content (AvgIpc) is 2.25. The summed E-state index contributed by atoms with van der Waals surface area (Å²) in [5.41, 5.74) is 10.5. The lowest BCUT2D eigenvalue weighted by Gasteiger charge is -2.12. The van der Waals surface area contributed by atoms with Crippen LogP contribution in [0.3, 0.4) is 0 Å². The maximum absolute atomic E-state index is 12.6. The molecule has 0 spiro atoms. The van der Waals surface area contributed by atoms with E-state index in [4.69, 9.17) is 11.5 Å². The molecule has 0 saturated heterocycles. The van der Waals surface area contributed by atoms with Crippen molar-refractivity contribution >= 4 is 17.5 Å². The topological polar surface area (TPSA) is 90.4 Å². The van der Waals surface area contributed by atoms with Gasteiger partial charge in [-0.15, -0.1) is 0 Å². The molecule has 7 heteroatoms. The van der Waals surface area contributed by atoms with Crippen molar-refractivity contribution in [1.29, 1.82) is 0 Å². The molecule has 0 fully saturated rings. The van der Waals surface area contributed by atoms with Crippen molar-refractivity contribution in [3.05, 3.63) is 23.8 Å². The van der Waals surface area contributed by atoms with E-state index in [1.807, 2.05) is 0 Å². The van der Waals surface area contributed by atoms with Crippen molar-refractivity contribution in [3.8, 4) is 0 Å². The molecule has 0 unspecified atom stereocenters. The predicted octanol–water partition coefficient (Wildman–Crippen LogP) is 1.71. The van der Waals surface area contributed by atoms with Crippen molar-refractivity contribution in [1.82, 2.24) is 0 Å². The van der Waals surface area contributed by atoms with Gasteiger partial charge in [0.05, 0.1) is 0 Å². The van der Waals surface area contributed by atoms with Crippen molar-refractivity contribution < 1.29 is 18.3 Å². The highest BCUT2D eigenvalue weighted by Crippen LogP contribution is 2.28. The van der Waals surface area contributed by atoms with Gasteiger partial charge in [0.1, 0.15) is 6.61 Å². The largest absolute Gasteiger partial charge is 0.448 e. The standard InChI is InChI=1S/C10H13F2N3O2/c11-9(12)7-5-6(13)1-2-8(7)15-3-4-17-10(14)16/h1-2,5,9,15H,3-4,13H2,(H2,14,16). The molecule has 0 radical (unpaired) electrons. The Balaban J connectivity index is 2.61. The minimum absolute atomic E-state index is 0.00237. The lowest BCUT2D eigenvalue weighted by molar-refractivity contribution is 0.151. The van der Waals surface area contributed by atoms with Gasteiger partial charge in [-0.3, -0.25) is 0 Å². The van der Waals surface area contributed by atoms with Gasteiger partial charge in [0.25, 0.3) is 6.43 Å². The predicted molar refractivity (Wildman–Crippen MR) is 59.8 cm³/mol. The van der Waals surface area contributed by atoms with E-state index in [2.05, 4.69) is 10.1 Å². The highest BCUT2D eigenvalue weighted by Gasteiger charge is 2.12. The molecule has 0 aliphatic heterocycles. The van der Waals surface area contributed by atoms with E-state index in [9.17, 15) is 13.6 Å². The number of anilines is 2. The van der Waals surface area contributed by atoms with Gasteiger partial charge in [-0.05, 0) is 18.2 Å². The van der Waals surface area contributed by atoms with E-state index in [1.165, 1.54) is 18.2 Å². The molecular formula is C10H13F2N3O2. The molecular weight excluding hydrogens is 232 g/mol. The number of hydrogen-bond donors (Lipinski definition) is 3. The molecule has 0 saturated carbocycles. The summed E-state index contributed by atoms with van der Waals surface area (Å²) in [7, 11) is 0. The van der Waals surface area contributed by atoms with Crippen LogP contribution < -0.4 is 16.8 Å². The zero-order valence-electron chi connectivity index (χ0n) is 8.95. The first kappa shape index (κ1) is 13.0. The lowest BCUT2D eigenvalue weighted by Crippen LogP contribution is -2.18. The van der Waals surface area contributed by atoms with Crippen LogP contribution in [0.15, 0.2) is 18.2 Å². The first-order valence-corrected chi connectivity index (χ1v) is 4.84. The summed E-state index contributed by atoms with van der Waals surface area (Å²) >= 11 is 0. The molecule has 0 bridgehead atoms. The van der Waals surface area contributed by atoms with Crippen LogP contribution in [0, 0.1) is 0 Å². The maximum Gasteiger partial charge on any atom is 0.404 e. The number of benzene rings is 1. The molecule has 0 aromatic heterocycles. The van der Waals surface area contributed by atoms with Crippen LogP contribution in [0.1, 0.15) is 12.0 Å². The second-order valence-corrected chi connectivity index (χ2v) is 3.24. The number of carbonyl (C=O) groups is 1. The molecule has 1 aromatic carbocycles. The van der Waals surface area contributed by atoms with E-state index >= 15 is 0 Å². The molecule has 0 heterocycles. The molecule has 0 aliphatic carbocycles. The number of alkyl halides is 2. The van der Waals surface area contributed by atoms with E-state index in [0.717, 1.165) is 0 Å². The number of halogens is 2. The number of amides is 1. The summed E-state index contributed by atoms with van der Waals surface area (Å²) < 4.78 is 29.7. The van der Waals surface area contributed by atoms with Crippen LogP contribution in [0.5, 0.6) is 0 Å². The number of hydrogen-bond acceptors (Lipinski definition) is 4. The molecule has 1 aromatic rings. The third-order valence-corrected chi connectivity index (χ3v) is 1.97. The fourth-order valence-corrected chi connectivity index (χ4v) is 1.26. The number of nitrogen functional groups attached to an aromatic ring is 1. The Morgan fingerprint density at radius 2 is 2.18 bits per heavy atom. The number of primary amides is 1. The summed E-state index contributed by atoms with van der Waals surface area (Å²) in [4.78, 5) is 10.3. The highest BCUT2D eigenvalue weighted by atomic mass is 19.3. The summed E-state index contributed by atoms with van der Waals surface area (Å²) in [6, 6.07) is 4.15. The number of carbonyl (C=O) groups excluding carboxylic acids is 1. The van der Waals surface area contributed by atoms with Crippen LogP contribution in [0.25, 0.3) is 0 Å². The Kier molecular flexibility index (Phi) is 4.50. The van der Waals surface area contributed by atoms with Crippen molar-refractivity contribution in [2.24, 2.45) is 5.73 Å². The van der Waals surface area contributed by atoms with Crippen LogP contribution in [0.4, 0.5) is 25.0 Å². The first-order chi connectivity index (χ1) is 8.00. The van der Waals surface area contributed by atoms with Crippen LogP contribution in [-0.4, -0.2) is 19.2 Å². The van der Waals surface area contributed by atoms with Crippen LogP contribution in [0.2, 0.25) is 0 Å². The Morgan fingerprint density at radius 3 is 2.76 bits per heavy atom.